The summed E-state index contributed by atoms with van der Waals surface area (Å²) in [6, 6.07) is 10.9. The van der Waals surface area contributed by atoms with E-state index in [2.05, 4.69) is 10.3 Å². The molecule has 0 spiro atoms. The molecule has 6 nitrogen and oxygen atoms in total. The first kappa shape index (κ1) is 17.1. The van der Waals surface area contributed by atoms with Crippen molar-refractivity contribution in [1.82, 2.24) is 9.29 Å². The van der Waals surface area contributed by atoms with Gasteiger partial charge in [-0.2, -0.15) is 4.31 Å². The van der Waals surface area contributed by atoms with E-state index in [4.69, 9.17) is 0 Å². The Kier molecular flexibility index (Phi) is 4.47. The second-order valence-corrected chi connectivity index (χ2v) is 8.92. The molecule has 1 aliphatic rings. The Balaban J connectivity index is 1.62. The fraction of sp³-hybridized carbons (Fsp3) is 0.222. The van der Waals surface area contributed by atoms with Crippen LogP contribution in [0.25, 0.3) is 10.9 Å². The average molecular weight is 387 g/mol. The second-order valence-electron chi connectivity index (χ2n) is 6.10. The largest absolute Gasteiger partial charge is 0.320 e. The van der Waals surface area contributed by atoms with Crippen molar-refractivity contribution in [3.63, 3.8) is 0 Å². The third-order valence-electron chi connectivity index (χ3n) is 4.37. The van der Waals surface area contributed by atoms with Gasteiger partial charge in [0.1, 0.15) is 9.77 Å². The second kappa shape index (κ2) is 6.79. The molecule has 0 aliphatic carbocycles. The number of rotatable bonds is 4. The standard InChI is InChI=1S/C18H17N3O3S2/c22-18(20-14-11-13-5-1-2-6-15(13)19-12-14)17-16(7-10-25-17)26(23,24)21-8-3-4-9-21/h1-2,5-7,10-12H,3-4,8-9H2,(H,20,22). The first-order chi connectivity index (χ1) is 12.6. The van der Waals surface area contributed by atoms with Crippen LogP contribution in [0.2, 0.25) is 0 Å². The number of sulfonamides is 1. The van der Waals surface area contributed by atoms with Gasteiger partial charge < -0.3 is 5.32 Å². The predicted octanol–water partition coefficient (Wildman–Crippen LogP) is 3.33. The van der Waals surface area contributed by atoms with Crippen LogP contribution in [0.5, 0.6) is 0 Å². The van der Waals surface area contributed by atoms with E-state index in [1.807, 2.05) is 30.3 Å². The zero-order valence-electron chi connectivity index (χ0n) is 13.9. The highest BCUT2D eigenvalue weighted by Gasteiger charge is 2.31. The number of amides is 1. The third kappa shape index (κ3) is 3.11. The number of aromatic nitrogens is 1. The SMILES string of the molecule is O=C(Nc1cnc2ccccc2c1)c1sccc1S(=O)(=O)N1CCCC1. The molecule has 1 amide bonds. The first-order valence-corrected chi connectivity index (χ1v) is 10.6. The van der Waals surface area contributed by atoms with Gasteiger partial charge in [0, 0.05) is 18.5 Å². The number of para-hydroxylation sites is 1. The van der Waals surface area contributed by atoms with Crippen molar-refractivity contribution in [2.45, 2.75) is 17.7 Å². The number of nitrogens with one attached hydrogen (secondary N) is 1. The smallest absolute Gasteiger partial charge is 0.267 e. The summed E-state index contributed by atoms with van der Waals surface area (Å²) < 4.78 is 27.0. The molecule has 4 rings (SSSR count). The molecule has 26 heavy (non-hydrogen) atoms. The van der Waals surface area contributed by atoms with Gasteiger partial charge in [-0.15, -0.1) is 11.3 Å². The van der Waals surface area contributed by atoms with E-state index in [1.54, 1.807) is 11.6 Å². The molecule has 0 radical (unpaired) electrons. The normalized spacial score (nSPS) is 15.4. The van der Waals surface area contributed by atoms with Crippen LogP contribution in [0.15, 0.2) is 52.9 Å². The van der Waals surface area contributed by atoms with E-state index < -0.39 is 15.9 Å². The number of carbonyl (C=O) groups is 1. The van der Waals surface area contributed by atoms with Crippen molar-refractivity contribution < 1.29 is 13.2 Å². The molecule has 1 N–H and O–H groups in total. The highest BCUT2D eigenvalue weighted by atomic mass is 32.2. The van der Waals surface area contributed by atoms with Gasteiger partial charge in [-0.05, 0) is 36.4 Å². The molecule has 3 heterocycles. The van der Waals surface area contributed by atoms with E-state index in [0.717, 1.165) is 35.1 Å². The minimum atomic E-state index is -3.63. The number of thiophene rings is 1. The van der Waals surface area contributed by atoms with Crippen molar-refractivity contribution in [2.24, 2.45) is 0 Å². The predicted molar refractivity (Wildman–Crippen MR) is 102 cm³/mol. The van der Waals surface area contributed by atoms with Crippen molar-refractivity contribution in [3.05, 3.63) is 52.9 Å². The number of nitrogens with zero attached hydrogens (tertiary/aromatic N) is 2. The summed E-state index contributed by atoms with van der Waals surface area (Å²) in [6.07, 6.45) is 3.28. The van der Waals surface area contributed by atoms with Crippen molar-refractivity contribution in [2.75, 3.05) is 18.4 Å². The Labute approximate surface area is 155 Å². The number of hydrogen-bond acceptors (Lipinski definition) is 5. The van der Waals surface area contributed by atoms with Gasteiger partial charge in [0.15, 0.2) is 0 Å². The van der Waals surface area contributed by atoms with Crippen LogP contribution in [0.4, 0.5) is 5.69 Å². The van der Waals surface area contributed by atoms with Crippen molar-refractivity contribution >= 4 is 43.9 Å². The van der Waals surface area contributed by atoms with E-state index in [9.17, 15) is 13.2 Å². The van der Waals surface area contributed by atoms with Crippen LogP contribution >= 0.6 is 11.3 Å². The number of benzene rings is 1. The summed E-state index contributed by atoms with van der Waals surface area (Å²) in [5.41, 5.74) is 1.37. The fourth-order valence-electron chi connectivity index (χ4n) is 3.06. The lowest BCUT2D eigenvalue weighted by Crippen LogP contribution is -2.29. The van der Waals surface area contributed by atoms with Gasteiger partial charge in [-0.3, -0.25) is 9.78 Å². The minimum Gasteiger partial charge on any atom is -0.320 e. The van der Waals surface area contributed by atoms with Gasteiger partial charge in [-0.25, -0.2) is 8.42 Å². The molecule has 2 aromatic heterocycles. The molecule has 3 aromatic rings. The minimum absolute atomic E-state index is 0.0793. The summed E-state index contributed by atoms with van der Waals surface area (Å²) in [5, 5.41) is 5.31. The van der Waals surface area contributed by atoms with Crippen LogP contribution in [-0.2, 0) is 10.0 Å². The monoisotopic (exact) mass is 387 g/mol. The first-order valence-electron chi connectivity index (χ1n) is 8.29. The molecular weight excluding hydrogens is 370 g/mol. The molecule has 1 aromatic carbocycles. The number of carbonyl (C=O) groups excluding carboxylic acids is 1. The van der Waals surface area contributed by atoms with Crippen molar-refractivity contribution in [1.29, 1.82) is 0 Å². The summed E-state index contributed by atoms with van der Waals surface area (Å²) >= 11 is 1.13. The molecule has 1 aliphatic heterocycles. The van der Waals surface area contributed by atoms with E-state index in [1.165, 1.54) is 10.4 Å². The van der Waals surface area contributed by atoms with E-state index in [-0.39, 0.29) is 9.77 Å². The Bertz CT molecular complexity index is 1070. The molecule has 8 heteroatoms. The van der Waals surface area contributed by atoms with Gasteiger partial charge >= 0.3 is 0 Å². The van der Waals surface area contributed by atoms with Crippen LogP contribution in [0.1, 0.15) is 22.5 Å². The number of anilines is 1. The Morgan fingerprint density at radius 2 is 1.92 bits per heavy atom. The Hall–Kier alpha value is -2.29. The van der Waals surface area contributed by atoms with Crippen LogP contribution in [0.3, 0.4) is 0 Å². The third-order valence-corrected chi connectivity index (χ3v) is 7.35. The maximum atomic E-state index is 12.8. The summed E-state index contributed by atoms with van der Waals surface area (Å²) in [7, 11) is -3.63. The van der Waals surface area contributed by atoms with Gasteiger partial charge in [0.05, 0.1) is 17.4 Å². The Morgan fingerprint density at radius 3 is 2.73 bits per heavy atom. The van der Waals surface area contributed by atoms with E-state index >= 15 is 0 Å². The quantitative estimate of drug-likeness (QED) is 0.745. The molecule has 134 valence electrons. The highest BCUT2D eigenvalue weighted by Crippen LogP contribution is 2.28. The number of fused-ring (bicyclic) bond motifs is 1. The summed E-state index contributed by atoms with van der Waals surface area (Å²) in [4.78, 5) is 17.3. The van der Waals surface area contributed by atoms with Crippen LogP contribution in [0, 0.1) is 0 Å². The molecule has 0 unspecified atom stereocenters. The maximum Gasteiger partial charge on any atom is 0.267 e. The highest BCUT2D eigenvalue weighted by molar-refractivity contribution is 7.89. The van der Waals surface area contributed by atoms with Crippen molar-refractivity contribution in [3.8, 4) is 0 Å². The lowest BCUT2D eigenvalue weighted by atomic mass is 10.2. The van der Waals surface area contributed by atoms with Gasteiger partial charge in [0.25, 0.3) is 5.91 Å². The summed E-state index contributed by atoms with van der Waals surface area (Å²) in [6.45, 7) is 1.02. The molecule has 0 bridgehead atoms. The zero-order valence-corrected chi connectivity index (χ0v) is 15.5. The fourth-order valence-corrected chi connectivity index (χ4v) is 5.87. The van der Waals surface area contributed by atoms with E-state index in [0.29, 0.717) is 18.8 Å². The van der Waals surface area contributed by atoms with Gasteiger partial charge in [-0.1, -0.05) is 18.2 Å². The maximum absolute atomic E-state index is 12.8. The number of pyridine rings is 1. The Morgan fingerprint density at radius 1 is 1.15 bits per heavy atom. The lowest BCUT2D eigenvalue weighted by molar-refractivity contribution is 0.102. The molecule has 1 fully saturated rings. The van der Waals surface area contributed by atoms with Crippen LogP contribution < -0.4 is 5.32 Å². The summed E-state index contributed by atoms with van der Waals surface area (Å²) in [5.74, 6) is -0.435. The number of hydrogen-bond donors (Lipinski definition) is 1. The molecule has 0 atom stereocenters. The lowest BCUT2D eigenvalue weighted by Gasteiger charge is -2.15. The average Bonchev–Trinajstić information content (AvgIpc) is 3.33. The molecular formula is C18H17N3O3S2. The van der Waals surface area contributed by atoms with Crippen LogP contribution in [-0.4, -0.2) is 36.7 Å². The molecule has 0 saturated carbocycles. The topological polar surface area (TPSA) is 79.4 Å². The molecule has 1 saturated heterocycles. The van der Waals surface area contributed by atoms with Gasteiger partial charge in [0.2, 0.25) is 10.0 Å². The zero-order chi connectivity index (χ0) is 18.1.